The van der Waals surface area contributed by atoms with Crippen molar-refractivity contribution in [2.24, 2.45) is 5.92 Å². The lowest BCUT2D eigenvalue weighted by molar-refractivity contribution is -0.133. The number of H-pyrrole nitrogens is 2. The number of carbonyl (C=O) groups excluding carboxylic acids is 2. The molecule has 0 radical (unpaired) electrons. The molecular formula is C22H28N6O3. The van der Waals surface area contributed by atoms with E-state index in [1.54, 1.807) is 4.90 Å². The first-order valence-corrected chi connectivity index (χ1v) is 11.2. The van der Waals surface area contributed by atoms with E-state index in [1.165, 1.54) is 0 Å². The Morgan fingerprint density at radius 1 is 1.16 bits per heavy atom. The Balaban J connectivity index is 1.31. The molecule has 0 spiro atoms. The average Bonchev–Trinajstić information content (AvgIpc) is 3.27. The van der Waals surface area contributed by atoms with E-state index >= 15 is 0 Å². The summed E-state index contributed by atoms with van der Waals surface area (Å²) >= 11 is 0. The first kappa shape index (κ1) is 20.0. The second-order valence-electron chi connectivity index (χ2n) is 9.26. The van der Waals surface area contributed by atoms with E-state index in [0.717, 1.165) is 25.0 Å². The van der Waals surface area contributed by atoms with Gasteiger partial charge in [-0.3, -0.25) is 19.5 Å². The number of aromatic nitrogens is 4. The molecule has 31 heavy (non-hydrogen) atoms. The second-order valence-corrected chi connectivity index (χ2v) is 9.26. The number of nitrogens with zero attached hydrogens (tertiary/aromatic N) is 4. The Kier molecular flexibility index (Phi) is 4.91. The van der Waals surface area contributed by atoms with Crippen LogP contribution in [-0.4, -0.2) is 61.4 Å². The molecule has 3 aliphatic rings. The molecule has 2 fully saturated rings. The summed E-state index contributed by atoms with van der Waals surface area (Å²) in [6.07, 6.45) is 3.22. The SMILES string of the molecule is CC(C)c1cc(C(=O)N2CCC(c3nc4c(c(=O)[nH]3)CCN(C(=O)C3CC3)C4)C2)n[nH]1. The largest absolute Gasteiger partial charge is 0.336 e. The van der Waals surface area contributed by atoms with Crippen LogP contribution in [0.15, 0.2) is 10.9 Å². The summed E-state index contributed by atoms with van der Waals surface area (Å²) in [5.74, 6) is 1.11. The van der Waals surface area contributed by atoms with Crippen molar-refractivity contribution in [2.45, 2.75) is 57.9 Å². The van der Waals surface area contributed by atoms with Crippen molar-refractivity contribution in [3.05, 3.63) is 44.9 Å². The molecule has 1 unspecified atom stereocenters. The summed E-state index contributed by atoms with van der Waals surface area (Å²) in [4.78, 5) is 49.3. The second kappa shape index (κ2) is 7.62. The van der Waals surface area contributed by atoms with Crippen molar-refractivity contribution in [1.82, 2.24) is 30.0 Å². The van der Waals surface area contributed by atoms with Crippen LogP contribution in [0.4, 0.5) is 0 Å². The summed E-state index contributed by atoms with van der Waals surface area (Å²) in [5, 5.41) is 7.10. The molecule has 9 heteroatoms. The fraction of sp³-hybridized carbons (Fsp3) is 0.591. The normalized spacial score (nSPS) is 20.9. The molecule has 2 aliphatic heterocycles. The van der Waals surface area contributed by atoms with Gasteiger partial charge in [0.15, 0.2) is 0 Å². The van der Waals surface area contributed by atoms with E-state index in [2.05, 4.69) is 15.2 Å². The fourth-order valence-electron chi connectivity index (χ4n) is 4.50. The molecule has 0 bridgehead atoms. The minimum Gasteiger partial charge on any atom is -0.336 e. The van der Waals surface area contributed by atoms with Gasteiger partial charge in [0.05, 0.1) is 12.2 Å². The van der Waals surface area contributed by atoms with Gasteiger partial charge in [-0.25, -0.2) is 4.98 Å². The first-order chi connectivity index (χ1) is 14.9. The van der Waals surface area contributed by atoms with Crippen LogP contribution >= 0.6 is 0 Å². The number of aromatic amines is 2. The molecule has 4 heterocycles. The van der Waals surface area contributed by atoms with Crippen LogP contribution in [0.2, 0.25) is 0 Å². The number of hydrogen-bond acceptors (Lipinski definition) is 5. The van der Waals surface area contributed by atoms with E-state index in [1.807, 2.05) is 24.8 Å². The van der Waals surface area contributed by atoms with Crippen LogP contribution in [0.3, 0.4) is 0 Å². The smallest absolute Gasteiger partial charge is 0.274 e. The Hall–Kier alpha value is -2.97. The summed E-state index contributed by atoms with van der Waals surface area (Å²) in [7, 11) is 0. The van der Waals surface area contributed by atoms with Gasteiger partial charge in [-0.1, -0.05) is 13.8 Å². The molecule has 2 N–H and O–H groups in total. The quantitative estimate of drug-likeness (QED) is 0.773. The van der Waals surface area contributed by atoms with Gasteiger partial charge in [0.1, 0.15) is 11.5 Å². The lowest BCUT2D eigenvalue weighted by Crippen LogP contribution is -2.40. The summed E-state index contributed by atoms with van der Waals surface area (Å²) in [6, 6.07) is 1.81. The van der Waals surface area contributed by atoms with Crippen LogP contribution in [0.1, 0.15) is 78.2 Å². The first-order valence-electron chi connectivity index (χ1n) is 11.2. The van der Waals surface area contributed by atoms with Crippen molar-refractivity contribution in [3.63, 3.8) is 0 Å². The molecular weight excluding hydrogens is 396 g/mol. The van der Waals surface area contributed by atoms with Gasteiger partial charge in [-0.05, 0) is 37.7 Å². The van der Waals surface area contributed by atoms with Crippen molar-refractivity contribution >= 4 is 11.8 Å². The Morgan fingerprint density at radius 3 is 2.68 bits per heavy atom. The standard InChI is InChI=1S/C22H28N6O3/c1-12(2)16-9-17(26-25-16)22(31)27-7-5-14(10-27)19-23-18-11-28(21(30)13-3-4-13)8-6-15(18)20(29)24-19/h9,12-14H,3-8,10-11H2,1-2H3,(H,25,26)(H,23,24,29). The molecule has 2 aromatic rings. The maximum Gasteiger partial charge on any atom is 0.274 e. The molecule has 0 aromatic carbocycles. The number of carbonyl (C=O) groups is 2. The molecule has 1 saturated carbocycles. The number of rotatable bonds is 4. The van der Waals surface area contributed by atoms with Crippen LogP contribution < -0.4 is 5.56 Å². The Morgan fingerprint density at radius 2 is 1.97 bits per heavy atom. The molecule has 1 saturated heterocycles. The topological polar surface area (TPSA) is 115 Å². The van der Waals surface area contributed by atoms with Crippen molar-refractivity contribution in [1.29, 1.82) is 0 Å². The van der Waals surface area contributed by atoms with Gasteiger partial charge in [0.25, 0.3) is 11.5 Å². The van der Waals surface area contributed by atoms with Crippen LogP contribution in [-0.2, 0) is 17.8 Å². The highest BCUT2D eigenvalue weighted by Gasteiger charge is 2.36. The van der Waals surface area contributed by atoms with Crippen LogP contribution in [0.25, 0.3) is 0 Å². The molecule has 5 rings (SSSR count). The van der Waals surface area contributed by atoms with Crippen molar-refractivity contribution in [3.8, 4) is 0 Å². The lowest BCUT2D eigenvalue weighted by atomic mass is 10.0. The van der Waals surface area contributed by atoms with Crippen LogP contribution in [0, 0.1) is 5.92 Å². The molecule has 1 atom stereocenters. The van der Waals surface area contributed by atoms with Crippen molar-refractivity contribution < 1.29 is 9.59 Å². The highest BCUT2D eigenvalue weighted by molar-refractivity contribution is 5.92. The summed E-state index contributed by atoms with van der Waals surface area (Å²) < 4.78 is 0. The zero-order chi connectivity index (χ0) is 21.7. The van der Waals surface area contributed by atoms with E-state index < -0.39 is 0 Å². The van der Waals surface area contributed by atoms with E-state index in [0.29, 0.717) is 55.4 Å². The maximum absolute atomic E-state index is 12.9. The third-order valence-corrected chi connectivity index (χ3v) is 6.63. The predicted octanol–water partition coefficient (Wildman–Crippen LogP) is 1.54. The van der Waals surface area contributed by atoms with Gasteiger partial charge in [0.2, 0.25) is 5.91 Å². The minimum absolute atomic E-state index is 0.0278. The number of amides is 2. The van der Waals surface area contributed by atoms with Gasteiger partial charge >= 0.3 is 0 Å². The molecule has 1 aliphatic carbocycles. The number of fused-ring (bicyclic) bond motifs is 1. The third-order valence-electron chi connectivity index (χ3n) is 6.63. The predicted molar refractivity (Wildman–Crippen MR) is 113 cm³/mol. The highest BCUT2D eigenvalue weighted by atomic mass is 16.2. The molecule has 9 nitrogen and oxygen atoms in total. The lowest BCUT2D eigenvalue weighted by Gasteiger charge is -2.28. The van der Waals surface area contributed by atoms with Gasteiger partial charge in [-0.15, -0.1) is 0 Å². The average molecular weight is 425 g/mol. The van der Waals surface area contributed by atoms with Crippen molar-refractivity contribution in [2.75, 3.05) is 19.6 Å². The van der Waals surface area contributed by atoms with E-state index in [4.69, 9.17) is 4.98 Å². The summed E-state index contributed by atoms with van der Waals surface area (Å²) in [5.41, 5.74) is 2.64. The zero-order valence-corrected chi connectivity index (χ0v) is 18.0. The third kappa shape index (κ3) is 3.77. The van der Waals surface area contributed by atoms with E-state index in [9.17, 15) is 14.4 Å². The molecule has 164 valence electrons. The highest BCUT2D eigenvalue weighted by Crippen LogP contribution is 2.32. The number of nitrogens with one attached hydrogen (secondary N) is 2. The summed E-state index contributed by atoms with van der Waals surface area (Å²) in [6.45, 7) is 6.17. The van der Waals surface area contributed by atoms with Gasteiger partial charge in [0, 0.05) is 42.7 Å². The monoisotopic (exact) mass is 424 g/mol. The fourth-order valence-corrected chi connectivity index (χ4v) is 4.50. The van der Waals surface area contributed by atoms with E-state index in [-0.39, 0.29) is 35.1 Å². The Labute approximate surface area is 180 Å². The Bertz CT molecular complexity index is 1080. The number of hydrogen-bond donors (Lipinski definition) is 2. The maximum atomic E-state index is 12.9. The van der Waals surface area contributed by atoms with Crippen LogP contribution in [0.5, 0.6) is 0 Å². The molecule has 2 aromatic heterocycles. The zero-order valence-electron chi connectivity index (χ0n) is 18.0. The van der Waals surface area contributed by atoms with Gasteiger partial charge in [-0.2, -0.15) is 5.10 Å². The molecule has 2 amide bonds. The van der Waals surface area contributed by atoms with Gasteiger partial charge < -0.3 is 14.8 Å². The number of likely N-dealkylation sites (tertiary alicyclic amines) is 1. The minimum atomic E-state index is -0.114.